The molecule has 1 heterocycles. The number of amides is 1. The van der Waals surface area contributed by atoms with Gasteiger partial charge in [-0.3, -0.25) is 4.79 Å². The Labute approximate surface area is 111 Å². The van der Waals surface area contributed by atoms with Crippen LogP contribution in [0.3, 0.4) is 0 Å². The molecule has 0 radical (unpaired) electrons. The average Bonchev–Trinajstić information content (AvgIpc) is 2.36. The molecule has 1 saturated heterocycles. The molecule has 0 bridgehead atoms. The van der Waals surface area contributed by atoms with Crippen LogP contribution in [0.5, 0.6) is 0 Å². The molecule has 0 aliphatic carbocycles. The zero-order valence-electron chi connectivity index (χ0n) is 11.1. The maximum absolute atomic E-state index is 13.3. The Kier molecular flexibility index (Phi) is 3.83. The van der Waals surface area contributed by atoms with Gasteiger partial charge in [-0.2, -0.15) is 0 Å². The highest BCUT2D eigenvalue weighted by atomic mass is 19.1. The summed E-state index contributed by atoms with van der Waals surface area (Å²) < 4.78 is 13.3. The number of nitrogens with zero attached hydrogens (tertiary/aromatic N) is 2. The third-order valence-electron chi connectivity index (χ3n) is 3.41. The summed E-state index contributed by atoms with van der Waals surface area (Å²) in [6, 6.07) is 4.34. The number of oxime groups is 1. The van der Waals surface area contributed by atoms with E-state index in [-0.39, 0.29) is 11.8 Å². The summed E-state index contributed by atoms with van der Waals surface area (Å²) in [6.45, 7) is 4.66. The summed E-state index contributed by atoms with van der Waals surface area (Å²) >= 11 is 0. The number of halogens is 1. The third-order valence-corrected chi connectivity index (χ3v) is 3.41. The number of benzene rings is 1. The van der Waals surface area contributed by atoms with Crippen molar-refractivity contribution in [2.45, 2.75) is 20.3 Å². The number of hydrogen-bond donors (Lipinski definition) is 1. The van der Waals surface area contributed by atoms with E-state index in [1.807, 2.05) is 6.92 Å². The lowest BCUT2D eigenvalue weighted by Crippen LogP contribution is -2.43. The highest BCUT2D eigenvalue weighted by Crippen LogP contribution is 2.18. The largest absolute Gasteiger partial charge is 0.411 e. The molecule has 1 aromatic carbocycles. The molecule has 0 aromatic heterocycles. The van der Waals surface area contributed by atoms with Gasteiger partial charge in [-0.25, -0.2) is 4.39 Å². The fourth-order valence-corrected chi connectivity index (χ4v) is 2.40. The SMILES string of the molecule is Cc1cc(F)cc(C(=O)N2CC/C(=N\O)C(C)C2)c1. The van der Waals surface area contributed by atoms with Gasteiger partial charge in [-0.1, -0.05) is 12.1 Å². The van der Waals surface area contributed by atoms with Gasteiger partial charge in [-0.15, -0.1) is 0 Å². The zero-order valence-corrected chi connectivity index (χ0v) is 11.1. The third kappa shape index (κ3) is 2.92. The van der Waals surface area contributed by atoms with Crippen LogP contribution in [0.15, 0.2) is 23.4 Å². The van der Waals surface area contributed by atoms with Crippen molar-refractivity contribution in [1.29, 1.82) is 0 Å². The maximum Gasteiger partial charge on any atom is 0.253 e. The lowest BCUT2D eigenvalue weighted by atomic mass is 9.97. The van der Waals surface area contributed by atoms with Crippen LogP contribution >= 0.6 is 0 Å². The van der Waals surface area contributed by atoms with Crippen molar-refractivity contribution in [2.24, 2.45) is 11.1 Å². The minimum Gasteiger partial charge on any atom is -0.411 e. The van der Waals surface area contributed by atoms with Gasteiger partial charge in [0, 0.05) is 31.0 Å². The molecule has 1 N–H and O–H groups in total. The van der Waals surface area contributed by atoms with Gasteiger partial charge < -0.3 is 10.1 Å². The van der Waals surface area contributed by atoms with Crippen molar-refractivity contribution in [3.63, 3.8) is 0 Å². The van der Waals surface area contributed by atoms with Crippen molar-refractivity contribution < 1.29 is 14.4 Å². The summed E-state index contributed by atoms with van der Waals surface area (Å²) in [5, 5.41) is 12.1. The Hall–Kier alpha value is -1.91. The predicted octanol–water partition coefficient (Wildman–Crippen LogP) is 2.45. The molecule has 1 aliphatic rings. The molecule has 0 spiro atoms. The fourth-order valence-electron chi connectivity index (χ4n) is 2.40. The first-order valence-corrected chi connectivity index (χ1v) is 6.28. The molecule has 0 saturated carbocycles. The topological polar surface area (TPSA) is 52.9 Å². The fraction of sp³-hybridized carbons (Fsp3) is 0.429. The van der Waals surface area contributed by atoms with Crippen LogP contribution in [-0.2, 0) is 0 Å². The highest BCUT2D eigenvalue weighted by molar-refractivity contribution is 5.96. The van der Waals surface area contributed by atoms with E-state index in [0.717, 1.165) is 5.56 Å². The van der Waals surface area contributed by atoms with Crippen LogP contribution in [0.2, 0.25) is 0 Å². The van der Waals surface area contributed by atoms with E-state index in [1.165, 1.54) is 12.1 Å². The van der Waals surface area contributed by atoms with E-state index in [4.69, 9.17) is 5.21 Å². The average molecular weight is 264 g/mol. The molecule has 1 aromatic rings. The van der Waals surface area contributed by atoms with E-state index in [9.17, 15) is 9.18 Å². The Balaban J connectivity index is 2.16. The van der Waals surface area contributed by atoms with Crippen molar-refractivity contribution >= 4 is 11.6 Å². The first kappa shape index (κ1) is 13.5. The van der Waals surface area contributed by atoms with E-state index >= 15 is 0 Å². The normalized spacial score (nSPS) is 21.7. The number of aryl methyl sites for hydroxylation is 1. The van der Waals surface area contributed by atoms with Gasteiger partial charge in [0.25, 0.3) is 5.91 Å². The smallest absolute Gasteiger partial charge is 0.253 e. The van der Waals surface area contributed by atoms with Crippen molar-refractivity contribution in [2.75, 3.05) is 13.1 Å². The van der Waals surface area contributed by atoms with E-state index < -0.39 is 5.82 Å². The minimum absolute atomic E-state index is 0.0253. The molecule has 4 nitrogen and oxygen atoms in total. The number of carbonyl (C=O) groups excluding carboxylic acids is 1. The Bertz CT molecular complexity index is 508. The maximum atomic E-state index is 13.3. The van der Waals surface area contributed by atoms with Crippen molar-refractivity contribution in [3.8, 4) is 0 Å². The van der Waals surface area contributed by atoms with Gasteiger partial charge in [0.15, 0.2) is 0 Å². The highest BCUT2D eigenvalue weighted by Gasteiger charge is 2.26. The Morgan fingerprint density at radius 2 is 2.21 bits per heavy atom. The molecule has 1 unspecified atom stereocenters. The summed E-state index contributed by atoms with van der Waals surface area (Å²) in [5.74, 6) is -0.546. The monoisotopic (exact) mass is 264 g/mol. The number of carbonyl (C=O) groups is 1. The van der Waals surface area contributed by atoms with Crippen LogP contribution in [-0.4, -0.2) is 34.8 Å². The molecule has 2 rings (SSSR count). The Morgan fingerprint density at radius 1 is 1.47 bits per heavy atom. The summed E-state index contributed by atoms with van der Waals surface area (Å²) in [7, 11) is 0. The lowest BCUT2D eigenvalue weighted by Gasteiger charge is -2.31. The van der Waals surface area contributed by atoms with Gasteiger partial charge in [0.05, 0.1) is 5.71 Å². The number of rotatable bonds is 1. The number of piperidine rings is 1. The molecule has 1 aliphatic heterocycles. The van der Waals surface area contributed by atoms with E-state index in [1.54, 1.807) is 17.9 Å². The van der Waals surface area contributed by atoms with Crippen LogP contribution in [0.25, 0.3) is 0 Å². The Morgan fingerprint density at radius 3 is 2.79 bits per heavy atom. The van der Waals surface area contributed by atoms with Crippen LogP contribution in [0.4, 0.5) is 4.39 Å². The van der Waals surface area contributed by atoms with Gasteiger partial charge in [0.1, 0.15) is 5.82 Å². The van der Waals surface area contributed by atoms with Gasteiger partial charge >= 0.3 is 0 Å². The zero-order chi connectivity index (χ0) is 14.0. The first-order chi connectivity index (χ1) is 9.01. The van der Waals surface area contributed by atoms with Crippen LogP contribution < -0.4 is 0 Å². The number of hydrogen-bond acceptors (Lipinski definition) is 3. The predicted molar refractivity (Wildman–Crippen MR) is 70.0 cm³/mol. The summed E-state index contributed by atoms with van der Waals surface area (Å²) in [6.07, 6.45) is 0.553. The number of likely N-dealkylation sites (tertiary alicyclic amines) is 1. The molecule has 1 amide bonds. The molecule has 1 atom stereocenters. The van der Waals surface area contributed by atoms with E-state index in [0.29, 0.717) is 30.8 Å². The van der Waals surface area contributed by atoms with Crippen LogP contribution in [0.1, 0.15) is 29.3 Å². The summed E-state index contributed by atoms with van der Waals surface area (Å²) in [4.78, 5) is 14.0. The quantitative estimate of drug-likeness (QED) is 0.625. The molecule has 102 valence electrons. The standard InChI is InChI=1S/C14H17FN2O2/c1-9-5-11(7-12(15)6-9)14(18)17-4-3-13(16-19)10(2)8-17/h5-7,10,19H,3-4,8H2,1-2H3/b16-13+. The molecule has 1 fully saturated rings. The van der Waals surface area contributed by atoms with Gasteiger partial charge in [-0.05, 0) is 30.7 Å². The second-order valence-corrected chi connectivity index (χ2v) is 5.01. The molecular weight excluding hydrogens is 247 g/mol. The molecular formula is C14H17FN2O2. The summed E-state index contributed by atoms with van der Waals surface area (Å²) in [5.41, 5.74) is 1.81. The second kappa shape index (κ2) is 5.38. The van der Waals surface area contributed by atoms with Crippen molar-refractivity contribution in [3.05, 3.63) is 35.1 Å². The first-order valence-electron chi connectivity index (χ1n) is 6.28. The van der Waals surface area contributed by atoms with E-state index in [2.05, 4.69) is 5.16 Å². The molecule has 5 heteroatoms. The van der Waals surface area contributed by atoms with Crippen LogP contribution in [0, 0.1) is 18.7 Å². The molecule has 19 heavy (non-hydrogen) atoms. The minimum atomic E-state index is -0.397. The van der Waals surface area contributed by atoms with Gasteiger partial charge in [0.2, 0.25) is 0 Å². The van der Waals surface area contributed by atoms with Crippen molar-refractivity contribution in [1.82, 2.24) is 4.90 Å². The second-order valence-electron chi connectivity index (χ2n) is 5.01. The lowest BCUT2D eigenvalue weighted by molar-refractivity contribution is 0.0733.